The van der Waals surface area contributed by atoms with E-state index in [1.807, 2.05) is 18.2 Å². The average Bonchev–Trinajstić information content (AvgIpc) is 2.85. The summed E-state index contributed by atoms with van der Waals surface area (Å²) in [5.41, 5.74) is 8.82. The molecule has 0 spiro atoms. The van der Waals surface area contributed by atoms with Gasteiger partial charge < -0.3 is 21.1 Å². The average molecular weight is 447 g/mol. The van der Waals surface area contributed by atoms with Gasteiger partial charge in [-0.15, -0.1) is 0 Å². The largest absolute Gasteiger partial charge is 0.497 e. The molecule has 3 aromatic carbocycles. The van der Waals surface area contributed by atoms with Crippen LogP contribution in [0.5, 0.6) is 5.75 Å². The molecule has 1 fully saturated rings. The number of benzene rings is 3. The van der Waals surface area contributed by atoms with E-state index < -0.39 is 0 Å². The molecule has 1 aliphatic rings. The second kappa shape index (κ2) is 11.3. The predicted octanol–water partition coefficient (Wildman–Crippen LogP) is 3.29. The van der Waals surface area contributed by atoms with Gasteiger partial charge in [-0.3, -0.25) is 9.69 Å². The fraction of sp³-hybridized carbons (Fsp3) is 0.370. The number of ether oxygens (including phenoxy) is 1. The molecule has 1 aliphatic heterocycles. The molecular formula is C27H34N4O2. The number of carbonyl (C=O) groups excluding carboxylic acids is 1. The maximum absolute atomic E-state index is 12.6. The van der Waals surface area contributed by atoms with Crippen molar-refractivity contribution in [3.8, 4) is 5.75 Å². The van der Waals surface area contributed by atoms with Crippen LogP contribution in [0.4, 0.5) is 0 Å². The van der Waals surface area contributed by atoms with Gasteiger partial charge in [0.25, 0.3) is 5.91 Å². The number of piperidine rings is 1. The van der Waals surface area contributed by atoms with Crippen LogP contribution in [0, 0.1) is 0 Å². The minimum atomic E-state index is -0.0290. The zero-order chi connectivity index (χ0) is 23.0. The molecular weight excluding hydrogens is 412 g/mol. The second-order valence-corrected chi connectivity index (χ2v) is 8.74. The van der Waals surface area contributed by atoms with Crippen molar-refractivity contribution in [3.05, 3.63) is 77.4 Å². The van der Waals surface area contributed by atoms with Crippen LogP contribution in [-0.4, -0.2) is 50.1 Å². The third-order valence-corrected chi connectivity index (χ3v) is 6.28. The molecule has 6 nitrogen and oxygen atoms in total. The highest BCUT2D eigenvalue weighted by Crippen LogP contribution is 2.21. The second-order valence-electron chi connectivity index (χ2n) is 8.74. The van der Waals surface area contributed by atoms with E-state index in [1.54, 1.807) is 13.2 Å². The lowest BCUT2D eigenvalue weighted by Crippen LogP contribution is -2.44. The highest BCUT2D eigenvalue weighted by Gasteiger charge is 2.21. The first-order valence-electron chi connectivity index (χ1n) is 11.7. The Balaban J connectivity index is 1.30. The standard InChI is InChI=1S/C27H34N4O2/c1-33-26-4-2-3-23(17-26)27(32)30-25-9-13-31(14-10-25)19-21-6-8-22-7-5-20(15-24(22)16-21)18-29-12-11-28/h2-8,15-17,25,29H,9-14,18-19,28H2,1H3,(H,30,32). The van der Waals surface area contributed by atoms with E-state index >= 15 is 0 Å². The van der Waals surface area contributed by atoms with Crippen LogP contribution in [0.15, 0.2) is 60.7 Å². The van der Waals surface area contributed by atoms with Crippen molar-refractivity contribution in [3.63, 3.8) is 0 Å². The van der Waals surface area contributed by atoms with Crippen molar-refractivity contribution >= 4 is 16.7 Å². The smallest absolute Gasteiger partial charge is 0.251 e. The Morgan fingerprint density at radius 3 is 2.55 bits per heavy atom. The van der Waals surface area contributed by atoms with Gasteiger partial charge in [0, 0.05) is 50.9 Å². The zero-order valence-electron chi connectivity index (χ0n) is 19.3. The van der Waals surface area contributed by atoms with E-state index in [-0.39, 0.29) is 11.9 Å². The number of rotatable bonds is 9. The van der Waals surface area contributed by atoms with Gasteiger partial charge in [0.1, 0.15) is 5.75 Å². The number of amides is 1. The molecule has 4 rings (SSSR count). The lowest BCUT2D eigenvalue weighted by molar-refractivity contribution is 0.0908. The molecule has 6 heteroatoms. The Hall–Kier alpha value is -2.93. The quantitative estimate of drug-likeness (QED) is 0.440. The maximum atomic E-state index is 12.6. The third-order valence-electron chi connectivity index (χ3n) is 6.28. The van der Waals surface area contributed by atoms with Crippen LogP contribution in [0.1, 0.15) is 34.3 Å². The normalized spacial score (nSPS) is 15.0. The van der Waals surface area contributed by atoms with Gasteiger partial charge in [0.2, 0.25) is 0 Å². The van der Waals surface area contributed by atoms with Crippen LogP contribution in [-0.2, 0) is 13.1 Å². The predicted molar refractivity (Wildman–Crippen MR) is 133 cm³/mol. The van der Waals surface area contributed by atoms with Gasteiger partial charge in [0.05, 0.1) is 7.11 Å². The van der Waals surface area contributed by atoms with Gasteiger partial charge in [-0.05, 0) is 65.1 Å². The first-order valence-corrected chi connectivity index (χ1v) is 11.7. The summed E-state index contributed by atoms with van der Waals surface area (Å²) in [7, 11) is 1.61. The zero-order valence-corrected chi connectivity index (χ0v) is 19.3. The van der Waals surface area contributed by atoms with Crippen molar-refractivity contribution in [1.82, 2.24) is 15.5 Å². The van der Waals surface area contributed by atoms with Gasteiger partial charge in [0.15, 0.2) is 0 Å². The minimum Gasteiger partial charge on any atom is -0.497 e. The van der Waals surface area contributed by atoms with Crippen LogP contribution in [0.25, 0.3) is 10.8 Å². The number of likely N-dealkylation sites (tertiary alicyclic amines) is 1. The van der Waals surface area contributed by atoms with E-state index in [9.17, 15) is 4.79 Å². The Kier molecular flexibility index (Phi) is 7.94. The van der Waals surface area contributed by atoms with Crippen molar-refractivity contribution in [2.24, 2.45) is 5.73 Å². The highest BCUT2D eigenvalue weighted by atomic mass is 16.5. The molecule has 0 saturated carbocycles. The number of fused-ring (bicyclic) bond motifs is 1. The summed E-state index contributed by atoms with van der Waals surface area (Å²) in [4.78, 5) is 15.1. The molecule has 1 saturated heterocycles. The summed E-state index contributed by atoms with van der Waals surface area (Å²) in [5, 5.41) is 9.09. The first kappa shape index (κ1) is 23.2. The summed E-state index contributed by atoms with van der Waals surface area (Å²) in [5.74, 6) is 0.672. The molecule has 1 heterocycles. The topological polar surface area (TPSA) is 79.6 Å². The fourth-order valence-corrected chi connectivity index (χ4v) is 4.42. The summed E-state index contributed by atoms with van der Waals surface area (Å²) in [6, 6.07) is 20.9. The molecule has 1 amide bonds. The summed E-state index contributed by atoms with van der Waals surface area (Å²) >= 11 is 0. The van der Waals surface area contributed by atoms with Crippen molar-refractivity contribution in [1.29, 1.82) is 0 Å². The number of nitrogens with two attached hydrogens (primary N) is 1. The Morgan fingerprint density at radius 2 is 1.79 bits per heavy atom. The molecule has 0 radical (unpaired) electrons. The number of carbonyl (C=O) groups is 1. The number of methoxy groups -OCH3 is 1. The van der Waals surface area contributed by atoms with E-state index in [1.165, 1.54) is 21.9 Å². The molecule has 0 bridgehead atoms. The molecule has 0 unspecified atom stereocenters. The lowest BCUT2D eigenvalue weighted by Gasteiger charge is -2.32. The first-order chi connectivity index (χ1) is 16.1. The number of nitrogens with one attached hydrogen (secondary N) is 2. The fourth-order valence-electron chi connectivity index (χ4n) is 4.42. The minimum absolute atomic E-state index is 0.0290. The highest BCUT2D eigenvalue weighted by molar-refractivity contribution is 5.94. The van der Waals surface area contributed by atoms with E-state index in [0.29, 0.717) is 17.9 Å². The van der Waals surface area contributed by atoms with Gasteiger partial charge in [-0.2, -0.15) is 0 Å². The monoisotopic (exact) mass is 446 g/mol. The third kappa shape index (κ3) is 6.32. The summed E-state index contributed by atoms with van der Waals surface area (Å²) in [6.45, 7) is 5.20. The van der Waals surface area contributed by atoms with Gasteiger partial charge in [-0.25, -0.2) is 0 Å². The van der Waals surface area contributed by atoms with Crippen LogP contribution in [0.3, 0.4) is 0 Å². The number of hydrogen-bond acceptors (Lipinski definition) is 5. The van der Waals surface area contributed by atoms with E-state index in [4.69, 9.17) is 10.5 Å². The van der Waals surface area contributed by atoms with Gasteiger partial charge >= 0.3 is 0 Å². The van der Waals surface area contributed by atoms with Crippen molar-refractivity contribution in [2.45, 2.75) is 32.0 Å². The molecule has 3 aromatic rings. The molecule has 174 valence electrons. The Labute approximate surface area is 196 Å². The van der Waals surface area contributed by atoms with E-state index in [2.05, 4.69) is 51.9 Å². The molecule has 0 aromatic heterocycles. The maximum Gasteiger partial charge on any atom is 0.251 e. The SMILES string of the molecule is COc1cccc(C(=O)NC2CCN(Cc3ccc4ccc(CNCCN)cc4c3)CC2)c1. The van der Waals surface area contributed by atoms with Crippen LogP contribution in [0.2, 0.25) is 0 Å². The summed E-state index contributed by atoms with van der Waals surface area (Å²) < 4.78 is 5.23. The lowest BCUT2D eigenvalue weighted by atomic mass is 10.0. The Morgan fingerprint density at radius 1 is 1.03 bits per heavy atom. The van der Waals surface area contributed by atoms with Crippen molar-refractivity contribution in [2.75, 3.05) is 33.3 Å². The van der Waals surface area contributed by atoms with Crippen molar-refractivity contribution < 1.29 is 9.53 Å². The van der Waals surface area contributed by atoms with Crippen LogP contribution >= 0.6 is 0 Å². The molecule has 0 aliphatic carbocycles. The Bertz CT molecular complexity index is 1080. The molecule has 33 heavy (non-hydrogen) atoms. The summed E-state index contributed by atoms with van der Waals surface area (Å²) in [6.07, 6.45) is 1.92. The number of hydrogen-bond donors (Lipinski definition) is 3. The molecule has 0 atom stereocenters. The van der Waals surface area contributed by atoms with Gasteiger partial charge in [-0.1, -0.05) is 30.3 Å². The number of nitrogens with zero attached hydrogens (tertiary/aromatic N) is 1. The van der Waals surface area contributed by atoms with Crippen LogP contribution < -0.4 is 21.1 Å². The molecule has 4 N–H and O–H groups in total. The van der Waals surface area contributed by atoms with E-state index in [0.717, 1.165) is 45.6 Å².